The number of ether oxygens (including phenoxy) is 1. The minimum absolute atomic E-state index is 0.241. The third-order valence-electron chi connectivity index (χ3n) is 3.82. The lowest BCUT2D eigenvalue weighted by atomic mass is 10.2. The quantitative estimate of drug-likeness (QED) is 0.609. The molecule has 0 aliphatic heterocycles. The molecule has 2 aromatic rings. The zero-order valence-electron chi connectivity index (χ0n) is 16.7. The number of hydrogen-bond acceptors (Lipinski definition) is 4. The number of pyridine rings is 1. The highest BCUT2D eigenvalue weighted by Crippen LogP contribution is 2.16. The molecule has 0 saturated carbocycles. The molecule has 0 unspecified atom stereocenters. The van der Waals surface area contributed by atoms with Gasteiger partial charge >= 0.3 is 6.09 Å². The Kier molecular flexibility index (Phi) is 8.13. The van der Waals surface area contributed by atoms with Gasteiger partial charge in [0.15, 0.2) is 0 Å². The lowest BCUT2D eigenvalue weighted by molar-refractivity contribution is 0.0232. The van der Waals surface area contributed by atoms with Gasteiger partial charge in [0.1, 0.15) is 11.4 Å². The van der Waals surface area contributed by atoms with Crippen molar-refractivity contribution in [2.24, 2.45) is 0 Å². The van der Waals surface area contributed by atoms with Crippen LogP contribution in [-0.4, -0.2) is 40.6 Å². The maximum absolute atomic E-state index is 13.6. The zero-order valence-corrected chi connectivity index (χ0v) is 18.3. The molecule has 0 aliphatic rings. The van der Waals surface area contributed by atoms with Crippen LogP contribution in [0.25, 0.3) is 0 Å². The predicted octanol–water partition coefficient (Wildman–Crippen LogP) is 4.54. The summed E-state index contributed by atoms with van der Waals surface area (Å²) >= 11 is 3.06. The first-order chi connectivity index (χ1) is 13.7. The summed E-state index contributed by atoms with van der Waals surface area (Å²) in [6.07, 6.45) is 3.45. The molecule has 0 bridgehead atoms. The second-order valence-corrected chi connectivity index (χ2v) is 8.36. The van der Waals surface area contributed by atoms with Crippen LogP contribution in [0.4, 0.5) is 9.18 Å². The molecule has 0 radical (unpaired) electrons. The number of carbonyl (C=O) groups excluding carboxylic acids is 2. The molecule has 1 N–H and O–H groups in total. The number of hydrogen-bond donors (Lipinski definition) is 1. The van der Waals surface area contributed by atoms with Gasteiger partial charge < -0.3 is 15.0 Å². The van der Waals surface area contributed by atoms with Crippen molar-refractivity contribution in [1.82, 2.24) is 15.2 Å². The second-order valence-electron chi connectivity index (χ2n) is 7.50. The number of nitrogens with one attached hydrogen (secondary N) is 1. The van der Waals surface area contributed by atoms with E-state index in [0.717, 1.165) is 5.56 Å². The molecule has 2 rings (SSSR count). The van der Waals surface area contributed by atoms with E-state index in [-0.39, 0.29) is 11.5 Å². The van der Waals surface area contributed by atoms with E-state index in [4.69, 9.17) is 4.74 Å². The van der Waals surface area contributed by atoms with Crippen LogP contribution in [0.2, 0.25) is 0 Å². The molecule has 156 valence electrons. The molecular weight excluding hydrogens is 441 g/mol. The summed E-state index contributed by atoms with van der Waals surface area (Å²) in [5.74, 6) is -0.863. The van der Waals surface area contributed by atoms with Crippen molar-refractivity contribution < 1.29 is 18.7 Å². The number of carbonyl (C=O) groups is 2. The lowest BCUT2D eigenvalue weighted by Crippen LogP contribution is -2.38. The average molecular weight is 466 g/mol. The van der Waals surface area contributed by atoms with E-state index in [2.05, 4.69) is 26.2 Å². The second kappa shape index (κ2) is 10.3. The average Bonchev–Trinajstić information content (AvgIpc) is 2.65. The summed E-state index contributed by atoms with van der Waals surface area (Å²) in [6, 6.07) is 7.89. The van der Waals surface area contributed by atoms with Crippen LogP contribution in [0.5, 0.6) is 0 Å². The number of benzene rings is 1. The first-order valence-electron chi connectivity index (χ1n) is 9.26. The van der Waals surface area contributed by atoms with E-state index in [1.165, 1.54) is 18.2 Å². The van der Waals surface area contributed by atoms with Crippen molar-refractivity contribution in [3.05, 3.63) is 64.1 Å². The fourth-order valence-corrected chi connectivity index (χ4v) is 2.73. The summed E-state index contributed by atoms with van der Waals surface area (Å²) in [5.41, 5.74) is 0.516. The molecule has 1 aromatic heterocycles. The maximum Gasteiger partial charge on any atom is 0.410 e. The Morgan fingerprint density at radius 3 is 2.66 bits per heavy atom. The SMILES string of the molecule is CC(C)(C)OC(=O)N(CCCNC(=O)c1ccc(Br)c(F)c1)Cc1cccnc1. The van der Waals surface area contributed by atoms with E-state index < -0.39 is 17.5 Å². The molecule has 0 aliphatic carbocycles. The highest BCUT2D eigenvalue weighted by molar-refractivity contribution is 9.10. The van der Waals surface area contributed by atoms with Crippen LogP contribution in [-0.2, 0) is 11.3 Å². The van der Waals surface area contributed by atoms with Crippen molar-refractivity contribution in [2.45, 2.75) is 39.3 Å². The van der Waals surface area contributed by atoms with Crippen molar-refractivity contribution in [3.63, 3.8) is 0 Å². The van der Waals surface area contributed by atoms with Crippen LogP contribution in [0.15, 0.2) is 47.2 Å². The number of amides is 2. The van der Waals surface area contributed by atoms with Gasteiger partial charge in [0.05, 0.1) is 11.0 Å². The van der Waals surface area contributed by atoms with Gasteiger partial charge in [0.2, 0.25) is 0 Å². The van der Waals surface area contributed by atoms with E-state index in [1.54, 1.807) is 23.4 Å². The Balaban J connectivity index is 1.91. The van der Waals surface area contributed by atoms with Crippen LogP contribution in [0.3, 0.4) is 0 Å². The fraction of sp³-hybridized carbons (Fsp3) is 0.381. The molecule has 0 atom stereocenters. The lowest BCUT2D eigenvalue weighted by Gasteiger charge is -2.27. The smallest absolute Gasteiger partial charge is 0.410 e. The Morgan fingerprint density at radius 1 is 1.28 bits per heavy atom. The Bertz CT molecular complexity index is 841. The Labute approximate surface area is 178 Å². The summed E-state index contributed by atoms with van der Waals surface area (Å²) < 4.78 is 19.4. The maximum atomic E-state index is 13.6. The fourth-order valence-electron chi connectivity index (χ4n) is 2.48. The zero-order chi connectivity index (χ0) is 21.4. The van der Waals surface area contributed by atoms with E-state index in [0.29, 0.717) is 30.5 Å². The van der Waals surface area contributed by atoms with Crippen LogP contribution in [0.1, 0.15) is 43.1 Å². The van der Waals surface area contributed by atoms with Crippen molar-refractivity contribution >= 4 is 27.9 Å². The normalized spacial score (nSPS) is 11.1. The van der Waals surface area contributed by atoms with Gasteiger partial charge in [0, 0.05) is 31.0 Å². The molecule has 6 nitrogen and oxygen atoms in total. The van der Waals surface area contributed by atoms with Crippen LogP contribution in [0, 0.1) is 5.82 Å². The molecule has 0 saturated heterocycles. The summed E-state index contributed by atoms with van der Waals surface area (Å²) in [4.78, 5) is 30.3. The minimum atomic E-state index is -0.607. The van der Waals surface area contributed by atoms with E-state index in [1.807, 2.05) is 26.8 Å². The molecule has 1 aromatic carbocycles. The van der Waals surface area contributed by atoms with E-state index in [9.17, 15) is 14.0 Å². The molecule has 0 spiro atoms. The summed E-state index contributed by atoms with van der Waals surface area (Å²) in [7, 11) is 0. The highest BCUT2D eigenvalue weighted by atomic mass is 79.9. The van der Waals surface area contributed by atoms with Gasteiger partial charge in [-0.25, -0.2) is 9.18 Å². The van der Waals surface area contributed by atoms with Crippen LogP contribution >= 0.6 is 15.9 Å². The standard InChI is InChI=1S/C21H25BrFN3O3/c1-21(2,3)29-20(28)26(14-15-6-4-9-24-13-15)11-5-10-25-19(27)16-7-8-17(22)18(23)12-16/h4,6-9,12-13H,5,10-11,14H2,1-3H3,(H,25,27). The van der Waals surface area contributed by atoms with Gasteiger partial charge in [-0.3, -0.25) is 9.78 Å². The van der Waals surface area contributed by atoms with Gasteiger partial charge in [0.25, 0.3) is 5.91 Å². The van der Waals surface area contributed by atoms with Gasteiger partial charge in [-0.1, -0.05) is 6.07 Å². The molecular formula is C21H25BrFN3O3. The molecule has 8 heteroatoms. The third kappa shape index (κ3) is 7.81. The van der Waals surface area contributed by atoms with Crippen molar-refractivity contribution in [1.29, 1.82) is 0 Å². The first-order valence-corrected chi connectivity index (χ1v) is 10.0. The third-order valence-corrected chi connectivity index (χ3v) is 4.46. The number of halogens is 2. The van der Waals surface area contributed by atoms with Gasteiger partial charge in [-0.15, -0.1) is 0 Å². The van der Waals surface area contributed by atoms with Crippen LogP contribution < -0.4 is 5.32 Å². The molecule has 0 fully saturated rings. The number of rotatable bonds is 7. The molecule has 29 heavy (non-hydrogen) atoms. The minimum Gasteiger partial charge on any atom is -0.444 e. The highest BCUT2D eigenvalue weighted by Gasteiger charge is 2.22. The van der Waals surface area contributed by atoms with Crippen molar-refractivity contribution in [3.8, 4) is 0 Å². The Morgan fingerprint density at radius 2 is 2.03 bits per heavy atom. The summed E-state index contributed by atoms with van der Waals surface area (Å²) in [5, 5.41) is 2.74. The van der Waals surface area contributed by atoms with Gasteiger partial charge in [-0.05, 0) is 73.0 Å². The monoisotopic (exact) mass is 465 g/mol. The number of aromatic nitrogens is 1. The predicted molar refractivity (Wildman–Crippen MR) is 112 cm³/mol. The van der Waals surface area contributed by atoms with Crippen molar-refractivity contribution in [2.75, 3.05) is 13.1 Å². The number of nitrogens with zero attached hydrogens (tertiary/aromatic N) is 2. The van der Waals surface area contributed by atoms with E-state index >= 15 is 0 Å². The first kappa shape index (κ1) is 22.8. The van der Waals surface area contributed by atoms with Gasteiger partial charge in [-0.2, -0.15) is 0 Å². The molecule has 1 heterocycles. The largest absolute Gasteiger partial charge is 0.444 e. The molecule has 2 amide bonds. The summed E-state index contributed by atoms with van der Waals surface area (Å²) in [6.45, 7) is 6.51. The Hall–Kier alpha value is -2.48. The topological polar surface area (TPSA) is 71.5 Å².